The van der Waals surface area contributed by atoms with Crippen molar-refractivity contribution in [3.8, 4) is 0 Å². The summed E-state index contributed by atoms with van der Waals surface area (Å²) in [6.07, 6.45) is 3.65. The molecule has 0 saturated carbocycles. The molecule has 2 rings (SSSR count). The lowest BCUT2D eigenvalue weighted by molar-refractivity contribution is 0.279. The molecule has 0 aliphatic carbocycles. The summed E-state index contributed by atoms with van der Waals surface area (Å²) in [6, 6.07) is 16.8. The Labute approximate surface area is 119 Å². The van der Waals surface area contributed by atoms with Gasteiger partial charge in [0.15, 0.2) is 0 Å². The van der Waals surface area contributed by atoms with E-state index in [1.165, 1.54) is 23.3 Å². The quantitative estimate of drug-likeness (QED) is 0.824. The smallest absolute Gasteiger partial charge is 0.0692 e. The summed E-state index contributed by atoms with van der Waals surface area (Å²) in [5.41, 5.74) is 2.39. The number of benzene rings is 2. The normalized spacial score (nSPS) is 10.6. The Kier molecular flexibility index (Phi) is 5.49. The van der Waals surface area contributed by atoms with E-state index in [2.05, 4.69) is 37.3 Å². The number of hydrogen-bond donors (Lipinski definition) is 1. The number of aliphatic hydroxyl groups is 1. The zero-order chi connectivity index (χ0) is 13.5. The largest absolute Gasteiger partial charge is 0.392 e. The summed E-state index contributed by atoms with van der Waals surface area (Å²) < 4.78 is 0. The van der Waals surface area contributed by atoms with Gasteiger partial charge >= 0.3 is 0 Å². The highest BCUT2D eigenvalue weighted by Gasteiger charge is 2.03. The number of hydrogen-bond acceptors (Lipinski definition) is 2. The van der Waals surface area contributed by atoms with Crippen molar-refractivity contribution in [1.29, 1.82) is 0 Å². The van der Waals surface area contributed by atoms with Gasteiger partial charge < -0.3 is 5.11 Å². The van der Waals surface area contributed by atoms with Crippen molar-refractivity contribution in [2.75, 3.05) is 0 Å². The molecule has 0 heterocycles. The fourth-order valence-electron chi connectivity index (χ4n) is 1.97. The molecule has 0 bridgehead atoms. The number of rotatable bonds is 6. The first-order valence-corrected chi connectivity index (χ1v) is 7.60. The van der Waals surface area contributed by atoms with Gasteiger partial charge in [-0.25, -0.2) is 0 Å². The van der Waals surface area contributed by atoms with Gasteiger partial charge in [-0.15, -0.1) is 0 Å². The molecule has 0 spiro atoms. The lowest BCUT2D eigenvalue weighted by Crippen LogP contribution is -1.87. The fourth-order valence-corrected chi connectivity index (χ4v) is 2.90. The molecule has 0 atom stereocenters. The number of unbranched alkanes of at least 4 members (excludes halogenated alkanes) is 1. The summed E-state index contributed by atoms with van der Waals surface area (Å²) in [4.78, 5) is 2.35. The number of aryl methyl sites for hydroxylation is 1. The second kappa shape index (κ2) is 7.37. The number of aliphatic hydroxyl groups excluding tert-OH is 1. The second-order valence-electron chi connectivity index (χ2n) is 4.62. The maximum absolute atomic E-state index is 9.32. The van der Waals surface area contributed by atoms with Gasteiger partial charge in [0.05, 0.1) is 6.61 Å². The van der Waals surface area contributed by atoms with Crippen molar-refractivity contribution < 1.29 is 5.11 Å². The molecule has 100 valence electrons. The minimum atomic E-state index is 0.0950. The molecule has 1 nitrogen and oxygen atoms in total. The Balaban J connectivity index is 2.06. The zero-order valence-electron chi connectivity index (χ0n) is 11.3. The Morgan fingerprint density at radius 1 is 1.00 bits per heavy atom. The highest BCUT2D eigenvalue weighted by molar-refractivity contribution is 7.99. The van der Waals surface area contributed by atoms with Gasteiger partial charge in [0.25, 0.3) is 0 Å². The first-order valence-electron chi connectivity index (χ1n) is 6.79. The summed E-state index contributed by atoms with van der Waals surface area (Å²) in [7, 11) is 0. The van der Waals surface area contributed by atoms with Gasteiger partial charge in [-0.05, 0) is 42.2 Å². The maximum Gasteiger partial charge on any atom is 0.0692 e. The highest BCUT2D eigenvalue weighted by atomic mass is 32.2. The Bertz CT molecular complexity index is 505. The van der Waals surface area contributed by atoms with Gasteiger partial charge in [-0.2, -0.15) is 0 Å². The monoisotopic (exact) mass is 272 g/mol. The average molecular weight is 272 g/mol. The molecule has 0 saturated heterocycles. The highest BCUT2D eigenvalue weighted by Crippen LogP contribution is 2.30. The van der Waals surface area contributed by atoms with Crippen LogP contribution in [0.2, 0.25) is 0 Å². The van der Waals surface area contributed by atoms with E-state index in [1.54, 1.807) is 11.8 Å². The van der Waals surface area contributed by atoms with E-state index in [1.807, 2.05) is 18.2 Å². The van der Waals surface area contributed by atoms with Crippen LogP contribution >= 0.6 is 11.8 Å². The summed E-state index contributed by atoms with van der Waals surface area (Å²) in [5, 5.41) is 9.32. The summed E-state index contributed by atoms with van der Waals surface area (Å²) in [5.74, 6) is 0. The lowest BCUT2D eigenvalue weighted by Gasteiger charge is -2.07. The van der Waals surface area contributed by atoms with Crippen LogP contribution in [0.25, 0.3) is 0 Å². The molecule has 0 aliphatic heterocycles. The molecule has 0 aromatic heterocycles. The van der Waals surface area contributed by atoms with Crippen LogP contribution in [0.1, 0.15) is 30.9 Å². The van der Waals surface area contributed by atoms with Crippen LogP contribution in [-0.2, 0) is 13.0 Å². The minimum Gasteiger partial charge on any atom is -0.392 e. The molecule has 0 fully saturated rings. The van der Waals surface area contributed by atoms with Gasteiger partial charge in [-0.1, -0.05) is 55.4 Å². The predicted molar refractivity (Wildman–Crippen MR) is 81.5 cm³/mol. The molecule has 0 radical (unpaired) electrons. The molecule has 19 heavy (non-hydrogen) atoms. The fraction of sp³-hybridized carbons (Fsp3) is 0.294. The first kappa shape index (κ1) is 14.2. The minimum absolute atomic E-state index is 0.0950. The van der Waals surface area contributed by atoms with Gasteiger partial charge in [-0.3, -0.25) is 0 Å². The van der Waals surface area contributed by atoms with E-state index in [0.29, 0.717) is 0 Å². The van der Waals surface area contributed by atoms with E-state index >= 15 is 0 Å². The van der Waals surface area contributed by atoms with Crippen LogP contribution < -0.4 is 0 Å². The van der Waals surface area contributed by atoms with Crippen LogP contribution in [0.4, 0.5) is 0 Å². The standard InChI is InChI=1S/C17H20OS/c1-2-3-6-14-9-11-16(12-10-14)19-17-8-5-4-7-15(17)13-18/h4-5,7-12,18H,2-3,6,13H2,1H3. The Morgan fingerprint density at radius 3 is 2.42 bits per heavy atom. The molecule has 2 aromatic carbocycles. The molecule has 0 amide bonds. The Hall–Kier alpha value is -1.25. The lowest BCUT2D eigenvalue weighted by atomic mass is 10.1. The van der Waals surface area contributed by atoms with Gasteiger partial charge in [0, 0.05) is 9.79 Å². The van der Waals surface area contributed by atoms with E-state index in [-0.39, 0.29) is 6.61 Å². The zero-order valence-corrected chi connectivity index (χ0v) is 12.1. The topological polar surface area (TPSA) is 20.2 Å². The third-order valence-corrected chi connectivity index (χ3v) is 4.24. The first-order chi connectivity index (χ1) is 9.33. The van der Waals surface area contributed by atoms with Crippen molar-refractivity contribution in [2.45, 2.75) is 42.6 Å². The predicted octanol–water partition coefficient (Wildman–Crippen LogP) is 4.67. The molecular formula is C17H20OS. The van der Waals surface area contributed by atoms with E-state index in [9.17, 15) is 5.11 Å². The van der Waals surface area contributed by atoms with E-state index in [4.69, 9.17) is 0 Å². The van der Waals surface area contributed by atoms with E-state index in [0.717, 1.165) is 16.9 Å². The molecule has 2 aromatic rings. The van der Waals surface area contributed by atoms with Crippen LogP contribution in [0.3, 0.4) is 0 Å². The van der Waals surface area contributed by atoms with Gasteiger partial charge in [0.1, 0.15) is 0 Å². The summed E-state index contributed by atoms with van der Waals surface area (Å²) in [6.45, 7) is 2.31. The average Bonchev–Trinajstić information content (AvgIpc) is 2.47. The molecule has 0 aliphatic rings. The third kappa shape index (κ3) is 4.12. The second-order valence-corrected chi connectivity index (χ2v) is 5.73. The van der Waals surface area contributed by atoms with Crippen molar-refractivity contribution >= 4 is 11.8 Å². The Morgan fingerprint density at radius 2 is 1.74 bits per heavy atom. The molecule has 0 unspecified atom stereocenters. The molecule has 1 N–H and O–H groups in total. The van der Waals surface area contributed by atoms with Crippen molar-refractivity contribution in [3.63, 3.8) is 0 Å². The SMILES string of the molecule is CCCCc1ccc(Sc2ccccc2CO)cc1. The van der Waals surface area contributed by atoms with Crippen LogP contribution in [0, 0.1) is 0 Å². The van der Waals surface area contributed by atoms with Crippen LogP contribution in [0.5, 0.6) is 0 Å². The van der Waals surface area contributed by atoms with Crippen molar-refractivity contribution in [2.24, 2.45) is 0 Å². The molecule has 2 heteroatoms. The third-order valence-electron chi connectivity index (χ3n) is 3.11. The van der Waals surface area contributed by atoms with Crippen molar-refractivity contribution in [3.05, 3.63) is 59.7 Å². The van der Waals surface area contributed by atoms with Crippen LogP contribution in [-0.4, -0.2) is 5.11 Å². The van der Waals surface area contributed by atoms with Crippen LogP contribution in [0.15, 0.2) is 58.3 Å². The summed E-state index contributed by atoms with van der Waals surface area (Å²) >= 11 is 1.71. The molecular weight excluding hydrogens is 252 g/mol. The van der Waals surface area contributed by atoms with E-state index < -0.39 is 0 Å². The van der Waals surface area contributed by atoms with Crippen molar-refractivity contribution in [1.82, 2.24) is 0 Å². The maximum atomic E-state index is 9.32. The van der Waals surface area contributed by atoms with Gasteiger partial charge in [0.2, 0.25) is 0 Å².